The predicted octanol–water partition coefficient (Wildman–Crippen LogP) is -0.465. The minimum absolute atomic E-state index is 0.158. The Morgan fingerprint density at radius 3 is 2.45 bits per heavy atom. The Balaban J connectivity index is 1.38. The zero-order valence-electron chi connectivity index (χ0n) is 21.6. The second-order valence-electron chi connectivity index (χ2n) is 10.1. The highest BCUT2D eigenvalue weighted by atomic mass is 32.2. The van der Waals surface area contributed by atoms with Crippen LogP contribution in [0.15, 0.2) is 10.5 Å². The van der Waals surface area contributed by atoms with E-state index in [1.165, 1.54) is 21.1 Å². The number of aryl methyl sites for hydroxylation is 1. The van der Waals surface area contributed by atoms with Crippen molar-refractivity contribution in [3.63, 3.8) is 0 Å². The molecule has 1 saturated carbocycles. The largest absolute Gasteiger partial charge is 0.541 e. The Morgan fingerprint density at radius 2 is 1.93 bits per heavy atom. The molecule has 18 heteroatoms. The topological polar surface area (TPSA) is 174 Å². The lowest BCUT2D eigenvalue weighted by atomic mass is 9.80. The molecular weight excluding hydrogens is 562 g/mol. The molecule has 1 unspecified atom stereocenters. The molecule has 3 aliphatic heterocycles. The number of nitrogens with two attached hydrogens (primary N) is 1. The van der Waals surface area contributed by atoms with Crippen LogP contribution >= 0.6 is 23.1 Å². The van der Waals surface area contributed by atoms with Gasteiger partial charge in [-0.1, -0.05) is 16.9 Å². The van der Waals surface area contributed by atoms with Crippen LogP contribution in [-0.2, 0) is 33.3 Å². The van der Waals surface area contributed by atoms with Gasteiger partial charge in [-0.05, 0) is 20.3 Å². The van der Waals surface area contributed by atoms with Crippen molar-refractivity contribution in [1.29, 1.82) is 0 Å². The van der Waals surface area contributed by atoms with Crippen molar-refractivity contribution in [2.24, 2.45) is 16.9 Å². The summed E-state index contributed by atoms with van der Waals surface area (Å²) in [5.74, 6) is 2.27. The molecule has 4 radical (unpaired) electrons. The van der Waals surface area contributed by atoms with Crippen molar-refractivity contribution >= 4 is 74.6 Å². The smallest absolute Gasteiger partial charge is 0.378 e. The number of urea groups is 1. The van der Waals surface area contributed by atoms with E-state index in [-0.39, 0.29) is 30.9 Å². The molecule has 3 saturated heterocycles. The van der Waals surface area contributed by atoms with E-state index in [1.807, 2.05) is 0 Å². The van der Waals surface area contributed by atoms with Gasteiger partial charge < -0.3 is 19.0 Å². The fraction of sp³-hybridized carbons (Fsp3) is 0.591. The zero-order chi connectivity index (χ0) is 29.0. The number of hydrogen-bond donors (Lipinski definition) is 1. The average molecular weight is 586 g/mol. The van der Waals surface area contributed by atoms with E-state index in [0.717, 1.165) is 16.8 Å². The molecule has 208 valence electrons. The van der Waals surface area contributed by atoms with Crippen molar-refractivity contribution < 1.29 is 38.1 Å². The summed E-state index contributed by atoms with van der Waals surface area (Å²) in [5.41, 5.74) is -1.33. The van der Waals surface area contributed by atoms with Crippen LogP contribution in [-0.4, -0.2) is 106 Å². The van der Waals surface area contributed by atoms with E-state index >= 15 is 0 Å². The summed E-state index contributed by atoms with van der Waals surface area (Å²) < 4.78 is 8.91. The first kappa shape index (κ1) is 28.4. The van der Waals surface area contributed by atoms with E-state index < -0.39 is 57.5 Å². The van der Waals surface area contributed by atoms with Gasteiger partial charge in [-0.3, -0.25) is 24.3 Å². The monoisotopic (exact) mass is 586 g/mol. The molecule has 4 aliphatic rings. The number of nitrogens with zero attached hydrogens (tertiary/aromatic N) is 5. The van der Waals surface area contributed by atoms with E-state index in [0.29, 0.717) is 24.3 Å². The van der Waals surface area contributed by atoms with Crippen molar-refractivity contribution in [2.45, 2.75) is 61.4 Å². The van der Waals surface area contributed by atoms with Gasteiger partial charge in [-0.2, -0.15) is 0 Å². The summed E-state index contributed by atoms with van der Waals surface area (Å²) in [7, 11) is 10.3. The number of aromatic nitrogens is 1. The molecule has 0 spiro atoms. The van der Waals surface area contributed by atoms with Crippen molar-refractivity contribution in [2.75, 3.05) is 13.1 Å². The summed E-state index contributed by atoms with van der Waals surface area (Å²) in [5, 5.41) is 6.64. The molecule has 3 amide bonds. The normalized spacial score (nSPS) is 29.0. The zero-order valence-corrected chi connectivity index (χ0v) is 23.2. The summed E-state index contributed by atoms with van der Waals surface area (Å²) in [6, 6.07) is -1.08. The Labute approximate surface area is 239 Å². The number of oxime groups is 1. The van der Waals surface area contributed by atoms with Crippen LogP contribution < -0.4 is 5.84 Å². The number of fused-ring (bicyclic) bond motifs is 1. The maximum atomic E-state index is 13.5. The quantitative estimate of drug-likeness (QED) is 0.0990. The first-order valence-electron chi connectivity index (χ1n) is 12.4. The number of Topliss-reactive ketones (excluding diaryl/α,β-unsaturated/α-hetero) is 1. The second-order valence-corrected chi connectivity index (χ2v) is 12.5. The van der Waals surface area contributed by atoms with Crippen molar-refractivity contribution in [3.8, 4) is 0 Å². The fourth-order valence-electron chi connectivity index (χ4n) is 5.36. The average Bonchev–Trinajstić information content (AvgIpc) is 3.57. The van der Waals surface area contributed by atoms with Crippen LogP contribution in [0.25, 0.3) is 0 Å². The Morgan fingerprint density at radius 1 is 1.23 bits per heavy atom. The second kappa shape index (κ2) is 10.4. The maximum absolute atomic E-state index is 13.5. The minimum atomic E-state index is -1.64. The third kappa shape index (κ3) is 4.36. The standard InChI is InChI=1S/C22H24B2N6O8S2/c1-10-7-29(25)20(35)30(10)22(19(34)37-24)9-28-16(32)12(17(28)40-22)6-14(31)15(13-8-39-11(2)26-13)27-38-21(4-3-5-21)18(33)36-23/h8,10,12,17H,3-7,9,25H2,1-2H3/b27-15-/t10-,12?,17-,22-/m1/s1. The Kier molecular flexibility index (Phi) is 7.37. The van der Waals surface area contributed by atoms with Gasteiger partial charge in [0.15, 0.2) is 11.5 Å². The van der Waals surface area contributed by atoms with E-state index in [9.17, 15) is 24.0 Å². The number of thioether (sulfide) groups is 1. The highest BCUT2D eigenvalue weighted by Gasteiger charge is 2.67. The Hall–Kier alpha value is -3.11. The van der Waals surface area contributed by atoms with Gasteiger partial charge in [0.2, 0.25) is 16.4 Å². The van der Waals surface area contributed by atoms with Crippen molar-refractivity contribution in [1.82, 2.24) is 19.8 Å². The summed E-state index contributed by atoms with van der Waals surface area (Å²) >= 11 is 2.29. The van der Waals surface area contributed by atoms with Crippen LogP contribution in [0.3, 0.4) is 0 Å². The highest BCUT2D eigenvalue weighted by Crippen LogP contribution is 2.53. The first-order chi connectivity index (χ1) is 19.0. The number of amides is 3. The van der Waals surface area contributed by atoms with Crippen LogP contribution in [0.5, 0.6) is 0 Å². The summed E-state index contributed by atoms with van der Waals surface area (Å²) in [4.78, 5) is 75.6. The summed E-state index contributed by atoms with van der Waals surface area (Å²) in [6.45, 7) is 3.44. The lowest BCUT2D eigenvalue weighted by Crippen LogP contribution is -2.61. The van der Waals surface area contributed by atoms with Crippen molar-refractivity contribution in [3.05, 3.63) is 16.1 Å². The molecule has 2 N–H and O–H groups in total. The van der Waals surface area contributed by atoms with Gasteiger partial charge in [0, 0.05) is 24.6 Å². The number of hydrazine groups is 1. The third-order valence-electron chi connectivity index (χ3n) is 7.60. The minimum Gasteiger partial charge on any atom is -0.541 e. The Bertz CT molecular complexity index is 1310. The predicted molar refractivity (Wildman–Crippen MR) is 141 cm³/mol. The number of carbonyl (C=O) groups is 5. The summed E-state index contributed by atoms with van der Waals surface area (Å²) in [6.07, 6.45) is 1.01. The number of rotatable bonds is 9. The van der Waals surface area contributed by atoms with E-state index in [2.05, 4.69) is 19.4 Å². The molecule has 4 heterocycles. The van der Waals surface area contributed by atoms with E-state index in [4.69, 9.17) is 26.8 Å². The van der Waals surface area contributed by atoms with Gasteiger partial charge in [0.05, 0.1) is 35.4 Å². The molecule has 4 atom stereocenters. The van der Waals surface area contributed by atoms with Crippen LogP contribution in [0.1, 0.15) is 43.3 Å². The molecule has 0 aromatic carbocycles. The molecule has 4 fully saturated rings. The lowest BCUT2D eigenvalue weighted by molar-refractivity contribution is -0.175. The first-order valence-corrected chi connectivity index (χ1v) is 14.1. The number of β-lactam (4-membered cyclic amide) rings is 1. The number of ketones is 1. The third-order valence-corrected chi connectivity index (χ3v) is 10.1. The lowest BCUT2D eigenvalue weighted by Gasteiger charge is -2.41. The van der Waals surface area contributed by atoms with Gasteiger partial charge in [0.1, 0.15) is 5.69 Å². The number of hydrogen-bond acceptors (Lipinski definition) is 13. The maximum Gasteiger partial charge on any atom is 0.378 e. The molecule has 5 rings (SSSR count). The van der Waals surface area contributed by atoms with Crippen LogP contribution in [0, 0.1) is 12.8 Å². The molecule has 1 aromatic heterocycles. The molecular formula is C22H24B2N6O8S2. The SMILES string of the molecule is [B]OC(=O)C1(O/N=C(\C(=O)CC2C(=O)N3C[C@@](C(=O)O[B])(N4C(=O)N(N)C[C@H]4C)S[C@H]23)c2csc(C)n2)CCC1. The fourth-order valence-corrected chi connectivity index (χ4v) is 7.77. The van der Waals surface area contributed by atoms with E-state index in [1.54, 1.807) is 19.2 Å². The molecule has 40 heavy (non-hydrogen) atoms. The number of carbonyl (C=O) groups excluding carboxylic acids is 5. The molecule has 14 nitrogen and oxygen atoms in total. The van der Waals surface area contributed by atoms with Gasteiger partial charge >= 0.3 is 34.1 Å². The molecule has 1 aliphatic carbocycles. The van der Waals surface area contributed by atoms with Gasteiger partial charge in [0.25, 0.3) is 0 Å². The highest BCUT2D eigenvalue weighted by molar-refractivity contribution is 8.02. The number of thiazole rings is 1. The van der Waals surface area contributed by atoms with Gasteiger partial charge in [-0.25, -0.2) is 20.4 Å². The van der Waals surface area contributed by atoms with Crippen LogP contribution in [0.4, 0.5) is 4.79 Å². The molecule has 1 aromatic rings. The van der Waals surface area contributed by atoms with Gasteiger partial charge in [-0.15, -0.1) is 11.3 Å². The van der Waals surface area contributed by atoms with Crippen LogP contribution in [0.2, 0.25) is 0 Å². The molecule has 0 bridgehead atoms.